The molecule has 0 bridgehead atoms. The van der Waals surface area contributed by atoms with Gasteiger partial charge in [-0.25, -0.2) is 22.0 Å². The maximum absolute atomic E-state index is 12.4. The van der Waals surface area contributed by atoms with Crippen molar-refractivity contribution in [2.24, 2.45) is 5.14 Å². The van der Waals surface area contributed by atoms with Crippen molar-refractivity contribution in [3.63, 3.8) is 0 Å². The van der Waals surface area contributed by atoms with Crippen LogP contribution in [0.2, 0.25) is 0 Å². The minimum absolute atomic E-state index is 0.00626. The second kappa shape index (κ2) is 5.02. The second-order valence-electron chi connectivity index (χ2n) is 4.32. The molecule has 0 aliphatic carbocycles. The van der Waals surface area contributed by atoms with Crippen LogP contribution in [0.1, 0.15) is 0 Å². The standard InChI is InChI=1S/C12H13N3O4S2/c13-8-1-3-9(4-2-8)20(16,17)12-6-5-10(7-11(12)14)21(15,18)19/h1-7H,13-14H2,(H2,15,18,19). The molecule has 112 valence electrons. The number of nitrogen functional groups attached to an aromatic ring is 2. The number of benzene rings is 2. The molecule has 6 N–H and O–H groups in total. The molecule has 0 spiro atoms. The molecule has 0 heterocycles. The van der Waals surface area contributed by atoms with Crippen molar-refractivity contribution < 1.29 is 16.8 Å². The normalized spacial score (nSPS) is 12.2. The third-order valence-corrected chi connectivity index (χ3v) is 5.54. The number of sulfone groups is 1. The van der Waals surface area contributed by atoms with Crippen molar-refractivity contribution in [1.29, 1.82) is 0 Å². The first kappa shape index (κ1) is 15.3. The highest BCUT2D eigenvalue weighted by Gasteiger charge is 2.22. The van der Waals surface area contributed by atoms with Crippen LogP contribution in [0, 0.1) is 0 Å². The van der Waals surface area contributed by atoms with Gasteiger partial charge in [-0.2, -0.15) is 0 Å². The van der Waals surface area contributed by atoms with E-state index in [1.165, 1.54) is 24.3 Å². The van der Waals surface area contributed by atoms with Crippen LogP contribution in [0.15, 0.2) is 57.2 Å². The van der Waals surface area contributed by atoms with Crippen LogP contribution in [0.5, 0.6) is 0 Å². The van der Waals surface area contributed by atoms with E-state index in [0.29, 0.717) is 5.69 Å². The molecule has 0 aromatic heterocycles. The highest BCUT2D eigenvalue weighted by molar-refractivity contribution is 7.91. The molecule has 2 aromatic carbocycles. The molecule has 7 nitrogen and oxygen atoms in total. The van der Waals surface area contributed by atoms with E-state index >= 15 is 0 Å². The molecule has 0 saturated heterocycles. The Labute approximate surface area is 122 Å². The molecule has 0 fully saturated rings. The number of hydrogen-bond acceptors (Lipinski definition) is 6. The monoisotopic (exact) mass is 327 g/mol. The number of hydrogen-bond donors (Lipinski definition) is 3. The topological polar surface area (TPSA) is 146 Å². The van der Waals surface area contributed by atoms with Crippen LogP contribution in [0.25, 0.3) is 0 Å². The summed E-state index contributed by atoms with van der Waals surface area (Å²) in [7, 11) is -7.81. The summed E-state index contributed by atoms with van der Waals surface area (Å²) < 4.78 is 47.3. The highest BCUT2D eigenvalue weighted by Crippen LogP contribution is 2.28. The molecule has 0 amide bonds. The Morgan fingerprint density at radius 2 is 1.29 bits per heavy atom. The van der Waals surface area contributed by atoms with Crippen LogP contribution in [0.3, 0.4) is 0 Å². The molecule has 2 rings (SSSR count). The van der Waals surface area contributed by atoms with Gasteiger partial charge in [0.05, 0.1) is 20.4 Å². The maximum Gasteiger partial charge on any atom is 0.238 e. The zero-order chi connectivity index (χ0) is 15.8. The van der Waals surface area contributed by atoms with Crippen LogP contribution in [-0.2, 0) is 19.9 Å². The second-order valence-corrected chi connectivity index (χ2v) is 7.80. The predicted molar refractivity (Wildman–Crippen MR) is 78.5 cm³/mol. The summed E-state index contributed by atoms with van der Waals surface area (Å²) in [6.45, 7) is 0. The highest BCUT2D eigenvalue weighted by atomic mass is 32.2. The number of primary sulfonamides is 1. The van der Waals surface area contributed by atoms with Gasteiger partial charge in [0.2, 0.25) is 19.9 Å². The molecule has 9 heteroatoms. The molecule has 0 aliphatic heterocycles. The van der Waals surface area contributed by atoms with Gasteiger partial charge >= 0.3 is 0 Å². The minimum Gasteiger partial charge on any atom is -0.399 e. The summed E-state index contributed by atoms with van der Waals surface area (Å²) in [5, 5.41) is 4.97. The van der Waals surface area contributed by atoms with E-state index in [1.807, 2.05) is 0 Å². The Morgan fingerprint density at radius 3 is 1.76 bits per heavy atom. The van der Waals surface area contributed by atoms with Crippen LogP contribution in [0.4, 0.5) is 11.4 Å². The Bertz CT molecular complexity index is 889. The fourth-order valence-electron chi connectivity index (χ4n) is 1.72. The third-order valence-electron chi connectivity index (χ3n) is 2.79. The Hall–Kier alpha value is -2.10. The minimum atomic E-state index is -3.95. The van der Waals surface area contributed by atoms with Gasteiger partial charge in [-0.05, 0) is 42.5 Å². The van der Waals surface area contributed by atoms with E-state index in [0.717, 1.165) is 18.2 Å². The Kier molecular flexibility index (Phi) is 3.66. The first-order valence-electron chi connectivity index (χ1n) is 5.65. The molecule has 0 radical (unpaired) electrons. The zero-order valence-electron chi connectivity index (χ0n) is 10.7. The van der Waals surface area contributed by atoms with Gasteiger partial charge in [-0.1, -0.05) is 0 Å². The number of anilines is 2. The molecule has 0 unspecified atom stereocenters. The molecule has 0 atom stereocenters. The molecule has 21 heavy (non-hydrogen) atoms. The van der Waals surface area contributed by atoms with Gasteiger partial charge in [-0.15, -0.1) is 0 Å². The van der Waals surface area contributed by atoms with Crippen molar-refractivity contribution in [2.75, 3.05) is 11.5 Å². The molecule has 2 aromatic rings. The van der Waals surface area contributed by atoms with Gasteiger partial charge in [0, 0.05) is 5.69 Å². The Morgan fingerprint density at radius 1 is 0.762 bits per heavy atom. The van der Waals surface area contributed by atoms with Gasteiger partial charge in [0.25, 0.3) is 0 Å². The van der Waals surface area contributed by atoms with E-state index in [-0.39, 0.29) is 20.4 Å². The number of rotatable bonds is 3. The van der Waals surface area contributed by atoms with E-state index in [9.17, 15) is 16.8 Å². The van der Waals surface area contributed by atoms with Gasteiger partial charge < -0.3 is 11.5 Å². The molecule has 0 aliphatic rings. The number of sulfonamides is 1. The lowest BCUT2D eigenvalue weighted by Crippen LogP contribution is -2.13. The smallest absolute Gasteiger partial charge is 0.238 e. The lowest BCUT2D eigenvalue weighted by molar-refractivity contribution is 0.593. The summed E-state index contributed by atoms with van der Waals surface area (Å²) in [6, 6.07) is 8.80. The van der Waals surface area contributed by atoms with Gasteiger partial charge in [0.15, 0.2) is 0 Å². The van der Waals surface area contributed by atoms with Crippen LogP contribution >= 0.6 is 0 Å². The van der Waals surface area contributed by atoms with E-state index in [2.05, 4.69) is 0 Å². The van der Waals surface area contributed by atoms with Crippen molar-refractivity contribution in [3.8, 4) is 0 Å². The van der Waals surface area contributed by atoms with E-state index < -0.39 is 19.9 Å². The summed E-state index contributed by atoms with van der Waals surface area (Å²) in [5.74, 6) is 0. The Balaban J connectivity index is 2.58. The molecular weight excluding hydrogens is 314 g/mol. The lowest BCUT2D eigenvalue weighted by atomic mass is 10.3. The van der Waals surface area contributed by atoms with Gasteiger partial charge in [-0.3, -0.25) is 0 Å². The van der Waals surface area contributed by atoms with Crippen molar-refractivity contribution in [2.45, 2.75) is 14.7 Å². The zero-order valence-corrected chi connectivity index (χ0v) is 12.4. The number of nitrogens with two attached hydrogens (primary N) is 3. The average Bonchev–Trinajstić information content (AvgIpc) is 2.37. The summed E-state index contributed by atoms with van der Waals surface area (Å²) in [4.78, 5) is -0.442. The van der Waals surface area contributed by atoms with E-state index in [1.54, 1.807) is 0 Å². The summed E-state index contributed by atoms with van der Waals surface area (Å²) >= 11 is 0. The van der Waals surface area contributed by atoms with Gasteiger partial charge in [0.1, 0.15) is 0 Å². The fraction of sp³-hybridized carbons (Fsp3) is 0. The van der Waals surface area contributed by atoms with Crippen molar-refractivity contribution >= 4 is 31.2 Å². The van der Waals surface area contributed by atoms with Crippen LogP contribution < -0.4 is 16.6 Å². The quantitative estimate of drug-likeness (QED) is 0.692. The van der Waals surface area contributed by atoms with Crippen molar-refractivity contribution in [3.05, 3.63) is 42.5 Å². The van der Waals surface area contributed by atoms with E-state index in [4.69, 9.17) is 16.6 Å². The lowest BCUT2D eigenvalue weighted by Gasteiger charge is -2.09. The van der Waals surface area contributed by atoms with Crippen LogP contribution in [-0.4, -0.2) is 16.8 Å². The first-order valence-corrected chi connectivity index (χ1v) is 8.68. The SMILES string of the molecule is Nc1ccc(S(=O)(=O)c2ccc(S(N)(=O)=O)cc2N)cc1. The first-order chi connectivity index (χ1) is 9.62. The average molecular weight is 327 g/mol. The molecule has 0 saturated carbocycles. The third kappa shape index (κ3) is 2.99. The molecular formula is C12H13N3O4S2. The maximum atomic E-state index is 12.4. The largest absolute Gasteiger partial charge is 0.399 e. The summed E-state index contributed by atoms with van der Waals surface area (Å²) in [6.07, 6.45) is 0. The van der Waals surface area contributed by atoms with Crippen molar-refractivity contribution in [1.82, 2.24) is 0 Å². The summed E-state index contributed by atoms with van der Waals surface area (Å²) in [5.41, 5.74) is 11.4. The fourth-order valence-corrected chi connectivity index (χ4v) is 3.64. The predicted octanol–water partition coefficient (Wildman–Crippen LogP) is 0.331.